The molecule has 0 aromatic rings. The van der Waals surface area contributed by atoms with Gasteiger partial charge in [0.05, 0.1) is 0 Å². The van der Waals surface area contributed by atoms with Gasteiger partial charge in [0.25, 0.3) is 0 Å². The summed E-state index contributed by atoms with van der Waals surface area (Å²) in [5.74, 6) is 0. The van der Waals surface area contributed by atoms with E-state index < -0.39 is 0 Å². The van der Waals surface area contributed by atoms with E-state index in [1.807, 2.05) is 13.8 Å². The van der Waals surface area contributed by atoms with Gasteiger partial charge in [0.15, 0.2) is 0 Å². The van der Waals surface area contributed by atoms with Crippen LogP contribution in [0.5, 0.6) is 0 Å². The van der Waals surface area contributed by atoms with Crippen molar-refractivity contribution in [3.8, 4) is 0 Å². The Bertz CT molecular complexity index is 58.3. The molecule has 1 aliphatic rings. The maximum absolute atomic E-state index is 3.29. The Balaban J connectivity index is 0.000000371. The largest absolute Gasteiger partial charge is 0.255 e. The second-order valence-electron chi connectivity index (χ2n) is 2.25. The van der Waals surface area contributed by atoms with Crippen molar-refractivity contribution >= 4 is 0 Å². The summed E-state index contributed by atoms with van der Waals surface area (Å²) in [6.45, 7) is 9.84. The first-order valence-electron chi connectivity index (χ1n) is 4.42. The molecule has 1 fully saturated rings. The molecule has 62 valence electrons. The van der Waals surface area contributed by atoms with Crippen molar-refractivity contribution in [3.05, 3.63) is 0 Å². The first kappa shape index (κ1) is 9.92. The molecule has 2 nitrogen and oxygen atoms in total. The van der Waals surface area contributed by atoms with E-state index in [4.69, 9.17) is 0 Å². The van der Waals surface area contributed by atoms with E-state index in [1.54, 1.807) is 0 Å². The zero-order valence-electron chi connectivity index (χ0n) is 7.48. The van der Waals surface area contributed by atoms with Crippen LogP contribution in [0.1, 0.15) is 33.6 Å². The summed E-state index contributed by atoms with van der Waals surface area (Å²) in [5.41, 5.74) is 3.29. The highest BCUT2D eigenvalue weighted by Crippen LogP contribution is 1.95. The molecule has 0 unspecified atom stereocenters. The molecule has 1 N–H and O–H groups in total. The Hall–Kier alpha value is -0.0800. The third-order valence-electron chi connectivity index (χ3n) is 1.43. The van der Waals surface area contributed by atoms with Crippen molar-refractivity contribution < 1.29 is 0 Å². The van der Waals surface area contributed by atoms with Gasteiger partial charge in [0.1, 0.15) is 0 Å². The van der Waals surface area contributed by atoms with Crippen molar-refractivity contribution in [2.75, 3.05) is 19.6 Å². The summed E-state index contributed by atoms with van der Waals surface area (Å²) in [7, 11) is 0. The Morgan fingerprint density at radius 3 is 2.50 bits per heavy atom. The molecule has 0 radical (unpaired) electrons. The second kappa shape index (κ2) is 7.03. The molecule has 0 aromatic carbocycles. The Morgan fingerprint density at radius 2 is 2.10 bits per heavy atom. The zero-order chi connectivity index (χ0) is 7.82. The molecule has 0 atom stereocenters. The number of hydrogen-bond donors (Lipinski definition) is 1. The molecular formula is C8H20N2. The smallest absolute Gasteiger partial charge is 0.0143 e. The molecule has 0 spiro atoms. The van der Waals surface area contributed by atoms with Gasteiger partial charge in [0.2, 0.25) is 0 Å². The van der Waals surface area contributed by atoms with E-state index in [1.165, 1.54) is 32.5 Å². The van der Waals surface area contributed by atoms with Crippen LogP contribution in [-0.4, -0.2) is 24.6 Å². The van der Waals surface area contributed by atoms with Gasteiger partial charge in [-0.05, 0) is 12.8 Å². The van der Waals surface area contributed by atoms with Gasteiger partial charge < -0.3 is 0 Å². The standard InChI is InChI=1S/C6H14N2.C2H6/c1-2-5-8-6-3-4-7-8;1-2/h7H,2-6H2,1H3;1-2H3. The molecule has 0 aliphatic carbocycles. The minimum absolute atomic E-state index is 1.18. The highest BCUT2D eigenvalue weighted by Gasteiger charge is 2.07. The quantitative estimate of drug-likeness (QED) is 0.633. The number of hydrogen-bond acceptors (Lipinski definition) is 2. The van der Waals surface area contributed by atoms with Gasteiger partial charge in [-0.3, -0.25) is 5.43 Å². The lowest BCUT2D eigenvalue weighted by atomic mass is 10.4. The Kier molecular flexibility index (Phi) is 6.98. The minimum Gasteiger partial charge on any atom is -0.255 e. The van der Waals surface area contributed by atoms with Gasteiger partial charge in [-0.2, -0.15) is 0 Å². The first-order chi connectivity index (χ1) is 4.93. The van der Waals surface area contributed by atoms with Gasteiger partial charge in [-0.1, -0.05) is 20.8 Å². The van der Waals surface area contributed by atoms with Gasteiger partial charge in [0, 0.05) is 19.6 Å². The van der Waals surface area contributed by atoms with Crippen LogP contribution in [0.15, 0.2) is 0 Å². The average molecular weight is 144 g/mol. The summed E-state index contributed by atoms with van der Waals surface area (Å²) < 4.78 is 0. The van der Waals surface area contributed by atoms with Crippen molar-refractivity contribution in [1.82, 2.24) is 10.4 Å². The molecule has 1 heterocycles. The molecule has 2 heteroatoms. The van der Waals surface area contributed by atoms with E-state index in [9.17, 15) is 0 Å². The fourth-order valence-corrected chi connectivity index (χ4v) is 1.05. The molecule has 0 amide bonds. The van der Waals surface area contributed by atoms with Crippen molar-refractivity contribution in [2.45, 2.75) is 33.6 Å². The van der Waals surface area contributed by atoms with Crippen LogP contribution >= 0.6 is 0 Å². The van der Waals surface area contributed by atoms with Gasteiger partial charge in [-0.25, -0.2) is 5.01 Å². The molecule has 10 heavy (non-hydrogen) atoms. The maximum atomic E-state index is 3.29. The number of hydrazine groups is 1. The summed E-state index contributed by atoms with van der Waals surface area (Å²) in [6, 6.07) is 0. The van der Waals surface area contributed by atoms with Crippen molar-refractivity contribution in [3.63, 3.8) is 0 Å². The third kappa shape index (κ3) is 3.85. The maximum Gasteiger partial charge on any atom is 0.0143 e. The second-order valence-corrected chi connectivity index (χ2v) is 2.25. The van der Waals surface area contributed by atoms with E-state index in [0.29, 0.717) is 0 Å². The summed E-state index contributed by atoms with van der Waals surface area (Å²) >= 11 is 0. The molecule has 0 aromatic heterocycles. The third-order valence-corrected chi connectivity index (χ3v) is 1.43. The monoisotopic (exact) mass is 144 g/mol. The Morgan fingerprint density at radius 1 is 1.40 bits per heavy atom. The van der Waals surface area contributed by atoms with Gasteiger partial charge in [-0.15, -0.1) is 0 Å². The van der Waals surface area contributed by atoms with E-state index in [-0.39, 0.29) is 0 Å². The lowest BCUT2D eigenvalue weighted by molar-refractivity contribution is 0.254. The van der Waals surface area contributed by atoms with Gasteiger partial charge >= 0.3 is 0 Å². The normalized spacial score (nSPS) is 18.3. The van der Waals surface area contributed by atoms with E-state index in [2.05, 4.69) is 17.4 Å². The number of rotatable bonds is 2. The molecule has 1 aliphatic heterocycles. The average Bonchev–Trinajstić information content (AvgIpc) is 2.46. The highest BCUT2D eigenvalue weighted by atomic mass is 15.5. The summed E-state index contributed by atoms with van der Waals surface area (Å²) in [5, 5.41) is 2.29. The van der Waals surface area contributed by atoms with Crippen LogP contribution in [0, 0.1) is 0 Å². The predicted octanol–water partition coefficient (Wildman–Crippen LogP) is 1.63. The van der Waals surface area contributed by atoms with Crippen LogP contribution in [0.3, 0.4) is 0 Å². The number of nitrogens with zero attached hydrogens (tertiary/aromatic N) is 1. The van der Waals surface area contributed by atoms with Crippen molar-refractivity contribution in [1.29, 1.82) is 0 Å². The molecule has 0 bridgehead atoms. The molecule has 1 rings (SSSR count). The fraction of sp³-hybridized carbons (Fsp3) is 1.00. The predicted molar refractivity (Wildman–Crippen MR) is 45.8 cm³/mol. The van der Waals surface area contributed by atoms with E-state index in [0.717, 1.165) is 0 Å². The summed E-state index contributed by atoms with van der Waals surface area (Å²) in [4.78, 5) is 0. The lowest BCUT2D eigenvalue weighted by Gasteiger charge is -2.12. The topological polar surface area (TPSA) is 15.3 Å². The summed E-state index contributed by atoms with van der Waals surface area (Å²) in [6.07, 6.45) is 2.58. The first-order valence-corrected chi connectivity index (χ1v) is 4.42. The zero-order valence-corrected chi connectivity index (χ0v) is 7.48. The minimum atomic E-state index is 1.18. The lowest BCUT2D eigenvalue weighted by Crippen LogP contribution is -2.31. The fourth-order valence-electron chi connectivity index (χ4n) is 1.05. The van der Waals surface area contributed by atoms with Crippen LogP contribution in [-0.2, 0) is 0 Å². The van der Waals surface area contributed by atoms with E-state index >= 15 is 0 Å². The molecule has 0 saturated carbocycles. The van der Waals surface area contributed by atoms with Crippen LogP contribution in [0.2, 0.25) is 0 Å². The van der Waals surface area contributed by atoms with Crippen LogP contribution in [0.25, 0.3) is 0 Å². The molecule has 1 saturated heterocycles. The SMILES string of the molecule is CC.CCCN1CCCN1. The highest BCUT2D eigenvalue weighted by molar-refractivity contribution is 4.59. The molecular weight excluding hydrogens is 124 g/mol. The van der Waals surface area contributed by atoms with Crippen molar-refractivity contribution in [2.24, 2.45) is 0 Å². The van der Waals surface area contributed by atoms with Crippen LogP contribution < -0.4 is 5.43 Å². The number of nitrogens with one attached hydrogen (secondary N) is 1. The Labute approximate surface area is 64.6 Å². The van der Waals surface area contributed by atoms with Crippen LogP contribution in [0.4, 0.5) is 0 Å².